The number of rotatable bonds is 4. The Hall–Kier alpha value is -1.98. The first-order chi connectivity index (χ1) is 15.0. The van der Waals surface area contributed by atoms with Crippen LogP contribution in [0.15, 0.2) is 12.2 Å². The number of hydrogen-bond acceptors (Lipinski definition) is 6. The largest absolute Gasteiger partial charge is 0.461 e. The number of carbonyl (C=O) groups excluding carboxylic acids is 4. The summed E-state index contributed by atoms with van der Waals surface area (Å²) >= 11 is 0. The molecule has 0 aromatic rings. The molecule has 0 amide bonds. The van der Waals surface area contributed by atoms with Gasteiger partial charge >= 0.3 is 11.9 Å². The van der Waals surface area contributed by atoms with Gasteiger partial charge in [-0.2, -0.15) is 0 Å². The van der Waals surface area contributed by atoms with Crippen molar-refractivity contribution in [1.82, 2.24) is 0 Å². The Kier molecular flexibility index (Phi) is 5.45. The molecule has 0 radical (unpaired) electrons. The second kappa shape index (κ2) is 7.53. The Labute approximate surface area is 190 Å². The fourth-order valence-electron chi connectivity index (χ4n) is 7.87. The van der Waals surface area contributed by atoms with E-state index in [2.05, 4.69) is 13.5 Å². The highest BCUT2D eigenvalue weighted by atomic mass is 16.6. The van der Waals surface area contributed by atoms with Crippen LogP contribution in [0.4, 0.5) is 0 Å². The van der Waals surface area contributed by atoms with Crippen molar-refractivity contribution >= 4 is 23.5 Å². The number of esters is 2. The third-order valence-corrected chi connectivity index (χ3v) is 9.48. The van der Waals surface area contributed by atoms with E-state index in [0.29, 0.717) is 31.3 Å². The van der Waals surface area contributed by atoms with Crippen LogP contribution in [0.5, 0.6) is 0 Å². The number of hydrogen-bond donors (Lipinski definition) is 0. The second-order valence-corrected chi connectivity index (χ2v) is 11.1. The van der Waals surface area contributed by atoms with Gasteiger partial charge in [-0.1, -0.05) is 41.2 Å². The van der Waals surface area contributed by atoms with Crippen LogP contribution in [0.25, 0.3) is 0 Å². The third-order valence-electron chi connectivity index (χ3n) is 9.48. The van der Waals surface area contributed by atoms with Crippen LogP contribution >= 0.6 is 0 Å². The number of ether oxygens (including phenoxy) is 2. The molecule has 0 N–H and O–H groups in total. The zero-order valence-electron chi connectivity index (χ0n) is 20.0. The lowest BCUT2D eigenvalue weighted by Gasteiger charge is -2.65. The van der Waals surface area contributed by atoms with Gasteiger partial charge in [-0.3, -0.25) is 19.2 Å². The Bertz CT molecular complexity index is 887. The molecular formula is C26H36O6. The molecule has 0 aromatic carbocycles. The van der Waals surface area contributed by atoms with Crippen LogP contribution in [0.3, 0.4) is 0 Å². The molecule has 0 aliphatic heterocycles. The van der Waals surface area contributed by atoms with Gasteiger partial charge in [0.05, 0.1) is 0 Å². The van der Waals surface area contributed by atoms with E-state index in [-0.39, 0.29) is 59.5 Å². The van der Waals surface area contributed by atoms with Gasteiger partial charge in [-0.25, -0.2) is 0 Å². The molecule has 2 bridgehead atoms. The van der Waals surface area contributed by atoms with E-state index < -0.39 is 23.0 Å². The monoisotopic (exact) mass is 444 g/mol. The molecule has 0 aromatic heterocycles. The molecule has 4 saturated carbocycles. The molecule has 4 rings (SSSR count). The van der Waals surface area contributed by atoms with Gasteiger partial charge in [-0.15, -0.1) is 0 Å². The molecule has 4 fully saturated rings. The van der Waals surface area contributed by atoms with Gasteiger partial charge < -0.3 is 9.47 Å². The Balaban J connectivity index is 1.91. The molecule has 4 aliphatic rings. The molecule has 32 heavy (non-hydrogen) atoms. The minimum atomic E-state index is -1.11. The quantitative estimate of drug-likeness (QED) is 0.477. The van der Waals surface area contributed by atoms with E-state index in [1.165, 1.54) is 0 Å². The molecule has 0 saturated heterocycles. The van der Waals surface area contributed by atoms with Crippen molar-refractivity contribution in [3.8, 4) is 0 Å². The van der Waals surface area contributed by atoms with Gasteiger partial charge in [0.1, 0.15) is 23.4 Å². The summed E-state index contributed by atoms with van der Waals surface area (Å²) in [6.07, 6.45) is 2.09. The van der Waals surface area contributed by atoms with Crippen LogP contribution in [-0.4, -0.2) is 35.7 Å². The van der Waals surface area contributed by atoms with Crippen molar-refractivity contribution in [1.29, 1.82) is 0 Å². The van der Waals surface area contributed by atoms with Gasteiger partial charge in [0.15, 0.2) is 5.78 Å². The topological polar surface area (TPSA) is 86.7 Å². The maximum Gasteiger partial charge on any atom is 0.305 e. The van der Waals surface area contributed by atoms with Crippen LogP contribution in [0.2, 0.25) is 0 Å². The van der Waals surface area contributed by atoms with E-state index >= 15 is 0 Å². The average molecular weight is 445 g/mol. The zero-order chi connectivity index (χ0) is 23.6. The summed E-state index contributed by atoms with van der Waals surface area (Å²) in [7, 11) is 0. The summed E-state index contributed by atoms with van der Waals surface area (Å²) < 4.78 is 12.0. The summed E-state index contributed by atoms with van der Waals surface area (Å²) in [6.45, 7) is 13.8. The zero-order valence-corrected chi connectivity index (χ0v) is 20.0. The maximum atomic E-state index is 14.0. The summed E-state index contributed by atoms with van der Waals surface area (Å²) in [5.74, 6) is -1.02. The van der Waals surface area contributed by atoms with E-state index in [4.69, 9.17) is 9.47 Å². The summed E-state index contributed by atoms with van der Waals surface area (Å²) in [6, 6.07) is 0. The number of fused-ring (bicyclic) bond motifs is 3. The van der Waals surface area contributed by atoms with Gasteiger partial charge in [0, 0.05) is 30.6 Å². The third kappa shape index (κ3) is 2.83. The molecule has 5 unspecified atom stereocenters. The smallest absolute Gasteiger partial charge is 0.305 e. The Morgan fingerprint density at radius 2 is 1.62 bits per heavy atom. The van der Waals surface area contributed by atoms with Gasteiger partial charge in [-0.05, 0) is 48.5 Å². The van der Waals surface area contributed by atoms with Crippen molar-refractivity contribution in [3.05, 3.63) is 12.2 Å². The van der Waals surface area contributed by atoms with Crippen molar-refractivity contribution in [2.24, 2.45) is 34.0 Å². The van der Waals surface area contributed by atoms with Crippen molar-refractivity contribution in [3.63, 3.8) is 0 Å². The normalized spacial score (nSPS) is 42.2. The molecule has 1 spiro atoms. The fraction of sp³-hybridized carbons (Fsp3) is 0.769. The van der Waals surface area contributed by atoms with E-state index in [0.717, 1.165) is 6.42 Å². The van der Waals surface area contributed by atoms with Gasteiger partial charge in [0.25, 0.3) is 0 Å². The number of carbonyl (C=O) groups is 4. The number of ketones is 2. The highest BCUT2D eigenvalue weighted by Crippen LogP contribution is 2.71. The minimum Gasteiger partial charge on any atom is -0.461 e. The first-order valence-electron chi connectivity index (χ1n) is 12.1. The predicted molar refractivity (Wildman–Crippen MR) is 117 cm³/mol. The highest BCUT2D eigenvalue weighted by Gasteiger charge is 2.76. The van der Waals surface area contributed by atoms with Gasteiger partial charge in [0.2, 0.25) is 0 Å². The second-order valence-electron chi connectivity index (χ2n) is 11.1. The maximum absolute atomic E-state index is 14.0. The van der Waals surface area contributed by atoms with Crippen molar-refractivity contribution < 1.29 is 28.7 Å². The number of Topliss-reactive ketones (excluding diaryl/α,β-unsaturated/α-hetero) is 2. The van der Waals surface area contributed by atoms with E-state index in [1.807, 2.05) is 13.8 Å². The van der Waals surface area contributed by atoms with Crippen LogP contribution in [0, 0.1) is 34.0 Å². The molecule has 7 atom stereocenters. The van der Waals surface area contributed by atoms with Crippen molar-refractivity contribution in [2.75, 3.05) is 0 Å². The molecular weight excluding hydrogens is 408 g/mol. The fourth-order valence-corrected chi connectivity index (χ4v) is 7.87. The molecule has 6 heteroatoms. The minimum absolute atomic E-state index is 0.0257. The lowest BCUT2D eigenvalue weighted by atomic mass is 9.39. The SMILES string of the molecule is C=C1C(=O)C23C(OC(=O)CC)C[C@@H]4C(C)(C)C(=O)CC[C@@]4(C)C2CCC1C3OC(=O)CC. The molecule has 0 heterocycles. The van der Waals surface area contributed by atoms with E-state index in [9.17, 15) is 19.2 Å². The average Bonchev–Trinajstić information content (AvgIpc) is 2.87. The summed E-state index contributed by atoms with van der Waals surface area (Å²) in [5.41, 5.74) is -1.49. The van der Waals surface area contributed by atoms with E-state index in [1.54, 1.807) is 13.8 Å². The first kappa shape index (κ1) is 23.2. The van der Waals surface area contributed by atoms with Crippen molar-refractivity contribution in [2.45, 2.75) is 91.8 Å². The molecule has 6 nitrogen and oxygen atoms in total. The Morgan fingerprint density at radius 1 is 1.00 bits per heavy atom. The standard InChI is InChI=1S/C26H36O6/c1-7-20(28)31-19-13-17-24(4,5)18(27)11-12-25(17,6)16-10-9-15-14(3)22(30)26(16,19)23(15)32-21(29)8-2/h15-17,19,23H,3,7-13H2,1-2,4-6H3/t15?,16?,17-,19?,23?,25+,26?/m1/s1. The summed E-state index contributed by atoms with van der Waals surface area (Å²) in [4.78, 5) is 51.9. The highest BCUT2D eigenvalue weighted by molar-refractivity contribution is 6.05. The molecule has 176 valence electrons. The first-order valence-corrected chi connectivity index (χ1v) is 12.1. The lowest BCUT2D eigenvalue weighted by Crippen LogP contribution is -2.69. The molecule has 4 aliphatic carbocycles. The summed E-state index contributed by atoms with van der Waals surface area (Å²) in [5, 5.41) is 0. The lowest BCUT2D eigenvalue weighted by molar-refractivity contribution is -0.236. The van der Waals surface area contributed by atoms with Crippen LogP contribution in [0.1, 0.15) is 79.6 Å². The van der Waals surface area contributed by atoms with Crippen LogP contribution < -0.4 is 0 Å². The Morgan fingerprint density at radius 3 is 2.25 bits per heavy atom. The van der Waals surface area contributed by atoms with Crippen LogP contribution in [-0.2, 0) is 28.7 Å². The predicted octanol–water partition coefficient (Wildman–Crippen LogP) is 4.20.